The van der Waals surface area contributed by atoms with Crippen LogP contribution in [0.5, 0.6) is 5.75 Å². The van der Waals surface area contributed by atoms with Gasteiger partial charge in [-0.25, -0.2) is 0 Å². The average molecular weight is 385 g/mol. The average Bonchev–Trinajstić information content (AvgIpc) is 3.20. The molecule has 0 atom stereocenters. The molecule has 0 fully saturated rings. The van der Waals surface area contributed by atoms with E-state index in [1.165, 1.54) is 10.9 Å². The molecule has 2 heterocycles. The standard InChI is InChI=1S/C18H13ClN4O4/c1-23-21-18(20-22-23)10-6-12-13(8-15(25)26)16(27-17(12)14(24)7-10)9-2-4-11(19)5-3-9/h2-7,24H,8H2,1H3,(H,25,26). The molecule has 9 heteroatoms. The number of aliphatic carboxylic acids is 1. The number of furan rings is 1. The van der Waals surface area contributed by atoms with Gasteiger partial charge in [-0.3, -0.25) is 4.79 Å². The summed E-state index contributed by atoms with van der Waals surface area (Å²) in [6, 6.07) is 9.97. The Labute approximate surface area is 157 Å². The zero-order valence-corrected chi connectivity index (χ0v) is 14.8. The van der Waals surface area contributed by atoms with Crippen LogP contribution in [0.2, 0.25) is 5.02 Å². The summed E-state index contributed by atoms with van der Waals surface area (Å²) in [6.45, 7) is 0. The van der Waals surface area contributed by atoms with Gasteiger partial charge in [-0.05, 0) is 41.6 Å². The van der Waals surface area contributed by atoms with Crippen molar-refractivity contribution in [2.75, 3.05) is 0 Å². The molecule has 0 spiro atoms. The Bertz CT molecular complexity index is 1160. The minimum atomic E-state index is -1.02. The number of halogens is 1. The summed E-state index contributed by atoms with van der Waals surface area (Å²) in [5.41, 5.74) is 1.80. The molecular weight excluding hydrogens is 372 g/mol. The van der Waals surface area contributed by atoms with Crippen molar-refractivity contribution in [2.45, 2.75) is 6.42 Å². The van der Waals surface area contributed by atoms with E-state index in [1.807, 2.05) is 0 Å². The third-order valence-electron chi connectivity index (χ3n) is 4.07. The molecule has 0 aliphatic carbocycles. The van der Waals surface area contributed by atoms with Gasteiger partial charge < -0.3 is 14.6 Å². The number of aromatic hydroxyl groups is 1. The molecule has 0 aliphatic heterocycles. The second-order valence-corrected chi connectivity index (χ2v) is 6.40. The Kier molecular flexibility index (Phi) is 4.04. The molecule has 2 aromatic heterocycles. The van der Waals surface area contributed by atoms with Crippen molar-refractivity contribution in [1.82, 2.24) is 20.2 Å². The van der Waals surface area contributed by atoms with Crippen molar-refractivity contribution in [3.63, 3.8) is 0 Å². The Morgan fingerprint density at radius 3 is 2.59 bits per heavy atom. The fraction of sp³-hybridized carbons (Fsp3) is 0.111. The largest absolute Gasteiger partial charge is 0.504 e. The van der Waals surface area contributed by atoms with E-state index in [-0.39, 0.29) is 17.8 Å². The van der Waals surface area contributed by atoms with Gasteiger partial charge in [0, 0.05) is 27.1 Å². The maximum absolute atomic E-state index is 11.4. The third kappa shape index (κ3) is 3.11. The molecule has 8 nitrogen and oxygen atoms in total. The number of hydrogen-bond donors (Lipinski definition) is 2. The number of carboxylic acids is 1. The first-order valence-electron chi connectivity index (χ1n) is 7.93. The highest BCUT2D eigenvalue weighted by atomic mass is 35.5. The molecule has 4 rings (SSSR count). The predicted molar refractivity (Wildman–Crippen MR) is 97.5 cm³/mol. The van der Waals surface area contributed by atoms with Gasteiger partial charge in [0.25, 0.3) is 0 Å². The number of carbonyl (C=O) groups is 1. The minimum absolute atomic E-state index is 0.137. The number of hydrogen-bond acceptors (Lipinski definition) is 6. The SMILES string of the molecule is Cn1nnc(-c2cc(O)c3oc(-c4ccc(Cl)cc4)c(CC(=O)O)c3c2)n1. The highest BCUT2D eigenvalue weighted by Gasteiger charge is 2.22. The van der Waals surface area contributed by atoms with E-state index in [1.54, 1.807) is 37.4 Å². The molecule has 0 amide bonds. The van der Waals surface area contributed by atoms with E-state index in [0.717, 1.165) is 0 Å². The maximum atomic E-state index is 11.4. The summed E-state index contributed by atoms with van der Waals surface area (Å²) >= 11 is 5.93. The van der Waals surface area contributed by atoms with Crippen LogP contribution in [0.1, 0.15) is 5.56 Å². The molecular formula is C18H13ClN4O4. The number of aromatic nitrogens is 4. The summed E-state index contributed by atoms with van der Waals surface area (Å²) in [4.78, 5) is 12.7. The summed E-state index contributed by atoms with van der Waals surface area (Å²) in [5.74, 6) is -0.480. The molecule has 0 saturated carbocycles. The number of aryl methyl sites for hydroxylation is 1. The van der Waals surface area contributed by atoms with Gasteiger partial charge in [-0.2, -0.15) is 4.80 Å². The number of carboxylic acid groups (broad SMARTS) is 1. The lowest BCUT2D eigenvalue weighted by Gasteiger charge is -2.02. The number of nitrogens with zero attached hydrogens (tertiary/aromatic N) is 4. The van der Waals surface area contributed by atoms with Gasteiger partial charge in [0.15, 0.2) is 11.3 Å². The van der Waals surface area contributed by atoms with Crippen LogP contribution >= 0.6 is 11.6 Å². The molecule has 0 saturated heterocycles. The molecule has 0 radical (unpaired) electrons. The number of tetrazole rings is 1. The predicted octanol–water partition coefficient (Wildman–Crippen LogP) is 3.28. The van der Waals surface area contributed by atoms with Gasteiger partial charge in [0.1, 0.15) is 5.76 Å². The zero-order chi connectivity index (χ0) is 19.1. The molecule has 4 aromatic rings. The third-order valence-corrected chi connectivity index (χ3v) is 4.33. The van der Waals surface area contributed by atoms with Crippen LogP contribution in [0.15, 0.2) is 40.8 Å². The Morgan fingerprint density at radius 2 is 1.96 bits per heavy atom. The smallest absolute Gasteiger partial charge is 0.307 e. The lowest BCUT2D eigenvalue weighted by molar-refractivity contribution is -0.136. The Balaban J connectivity index is 1.97. The van der Waals surface area contributed by atoms with Gasteiger partial charge in [0.2, 0.25) is 5.82 Å². The van der Waals surface area contributed by atoms with Crippen molar-refractivity contribution < 1.29 is 19.4 Å². The summed E-state index contributed by atoms with van der Waals surface area (Å²) < 4.78 is 5.83. The number of fused-ring (bicyclic) bond motifs is 1. The van der Waals surface area contributed by atoms with Gasteiger partial charge in [0.05, 0.1) is 13.5 Å². The van der Waals surface area contributed by atoms with Crippen LogP contribution < -0.4 is 0 Å². The molecule has 2 N–H and O–H groups in total. The minimum Gasteiger partial charge on any atom is -0.504 e. The molecule has 0 unspecified atom stereocenters. The number of benzene rings is 2. The second kappa shape index (κ2) is 6.40. The lowest BCUT2D eigenvalue weighted by Crippen LogP contribution is -2.00. The van der Waals surface area contributed by atoms with Crippen LogP contribution in [0, 0.1) is 0 Å². The fourth-order valence-corrected chi connectivity index (χ4v) is 3.05. The van der Waals surface area contributed by atoms with Crippen molar-refractivity contribution in [3.05, 3.63) is 47.0 Å². The topological polar surface area (TPSA) is 114 Å². The van der Waals surface area contributed by atoms with Gasteiger partial charge in [-0.1, -0.05) is 11.6 Å². The summed E-state index contributed by atoms with van der Waals surface area (Å²) in [5, 5.41) is 32.6. The molecule has 27 heavy (non-hydrogen) atoms. The van der Waals surface area contributed by atoms with E-state index in [2.05, 4.69) is 15.4 Å². The highest BCUT2D eigenvalue weighted by molar-refractivity contribution is 6.30. The zero-order valence-electron chi connectivity index (χ0n) is 14.0. The van der Waals surface area contributed by atoms with E-state index < -0.39 is 5.97 Å². The van der Waals surface area contributed by atoms with E-state index >= 15 is 0 Å². The Hall–Kier alpha value is -3.39. The van der Waals surface area contributed by atoms with E-state index in [9.17, 15) is 15.0 Å². The summed E-state index contributed by atoms with van der Waals surface area (Å²) in [6.07, 6.45) is -0.276. The fourth-order valence-electron chi connectivity index (χ4n) is 2.92. The van der Waals surface area contributed by atoms with Crippen LogP contribution in [0.4, 0.5) is 0 Å². The molecule has 0 bridgehead atoms. The van der Waals surface area contributed by atoms with Crippen molar-refractivity contribution >= 4 is 28.5 Å². The van der Waals surface area contributed by atoms with Crippen LogP contribution in [-0.4, -0.2) is 36.4 Å². The first-order chi connectivity index (χ1) is 12.9. The monoisotopic (exact) mass is 384 g/mol. The first kappa shape index (κ1) is 17.0. The quantitative estimate of drug-likeness (QED) is 0.554. The maximum Gasteiger partial charge on any atom is 0.307 e. The van der Waals surface area contributed by atoms with Crippen molar-refractivity contribution in [2.24, 2.45) is 7.05 Å². The lowest BCUT2D eigenvalue weighted by atomic mass is 10.0. The second-order valence-electron chi connectivity index (χ2n) is 5.96. The molecule has 0 aliphatic rings. The number of phenols is 1. The first-order valence-corrected chi connectivity index (χ1v) is 8.30. The van der Waals surface area contributed by atoms with Gasteiger partial charge >= 0.3 is 5.97 Å². The number of phenolic OH excluding ortho intramolecular Hbond substituents is 1. The normalized spacial score (nSPS) is 11.2. The van der Waals surface area contributed by atoms with Crippen LogP contribution in [0.3, 0.4) is 0 Å². The molecule has 136 valence electrons. The van der Waals surface area contributed by atoms with Crippen LogP contribution in [-0.2, 0) is 18.3 Å². The van der Waals surface area contributed by atoms with Crippen LogP contribution in [0.25, 0.3) is 33.7 Å². The van der Waals surface area contributed by atoms with Crippen molar-refractivity contribution in [1.29, 1.82) is 0 Å². The Morgan fingerprint density at radius 1 is 1.22 bits per heavy atom. The number of rotatable bonds is 4. The van der Waals surface area contributed by atoms with Gasteiger partial charge in [-0.15, -0.1) is 10.2 Å². The summed E-state index contributed by atoms with van der Waals surface area (Å²) in [7, 11) is 1.63. The van der Waals surface area contributed by atoms with Crippen molar-refractivity contribution in [3.8, 4) is 28.5 Å². The highest BCUT2D eigenvalue weighted by Crippen LogP contribution is 2.40. The van der Waals surface area contributed by atoms with E-state index in [0.29, 0.717) is 38.7 Å². The van der Waals surface area contributed by atoms with E-state index in [4.69, 9.17) is 16.0 Å². The molecule has 2 aromatic carbocycles.